The Labute approximate surface area is 128 Å². The molecule has 0 saturated heterocycles. The summed E-state index contributed by atoms with van der Waals surface area (Å²) >= 11 is 5.95. The predicted octanol–water partition coefficient (Wildman–Crippen LogP) is 3.35. The molecule has 108 valence electrons. The lowest BCUT2D eigenvalue weighted by Gasteiger charge is -2.11. The predicted molar refractivity (Wildman–Crippen MR) is 87.0 cm³/mol. The van der Waals surface area contributed by atoms with Gasteiger partial charge in [0.1, 0.15) is 5.82 Å². The van der Waals surface area contributed by atoms with Crippen molar-refractivity contribution in [1.82, 2.24) is 9.97 Å². The van der Waals surface area contributed by atoms with E-state index in [-0.39, 0.29) is 11.4 Å². The topological polar surface area (TPSA) is 77.8 Å². The summed E-state index contributed by atoms with van der Waals surface area (Å²) in [4.78, 5) is 8.17. The third-order valence-electron chi connectivity index (χ3n) is 3.96. The zero-order valence-corrected chi connectivity index (χ0v) is 12.6. The van der Waals surface area contributed by atoms with Crippen molar-refractivity contribution >= 4 is 29.4 Å². The highest BCUT2D eigenvalue weighted by Gasteiger charge is 2.41. The lowest BCUT2D eigenvalue weighted by molar-refractivity contribution is 0.896. The monoisotopic (exact) mass is 300 g/mol. The van der Waals surface area contributed by atoms with Crippen LogP contribution in [-0.4, -0.2) is 9.97 Å². The minimum atomic E-state index is 0.0881. The van der Waals surface area contributed by atoms with Crippen molar-refractivity contribution in [3.63, 3.8) is 0 Å². The van der Waals surface area contributed by atoms with Crippen molar-refractivity contribution in [3.8, 4) is 0 Å². The molecule has 3 rings (SSSR count). The number of aryl methyl sites for hydroxylation is 1. The molecule has 0 atom stereocenters. The van der Waals surface area contributed by atoms with Crippen molar-refractivity contribution in [2.75, 3.05) is 11.5 Å². The van der Waals surface area contributed by atoms with Gasteiger partial charge in [0.25, 0.3) is 0 Å². The summed E-state index contributed by atoms with van der Waals surface area (Å²) in [5, 5.41) is 0.755. The second-order valence-electron chi connectivity index (χ2n) is 5.46. The summed E-state index contributed by atoms with van der Waals surface area (Å²) < 4.78 is 0. The van der Waals surface area contributed by atoms with Crippen LogP contribution in [-0.2, 0) is 5.41 Å². The first kappa shape index (κ1) is 13.9. The van der Waals surface area contributed by atoms with Crippen molar-refractivity contribution in [3.05, 3.63) is 52.2 Å². The second-order valence-corrected chi connectivity index (χ2v) is 5.90. The Hall–Kier alpha value is -2.07. The fourth-order valence-corrected chi connectivity index (χ4v) is 2.67. The third kappa shape index (κ3) is 2.72. The highest BCUT2D eigenvalue weighted by Crippen LogP contribution is 2.50. The zero-order valence-electron chi connectivity index (χ0n) is 11.8. The average molecular weight is 301 g/mol. The summed E-state index contributed by atoms with van der Waals surface area (Å²) in [6, 6.07) is 8.01. The van der Waals surface area contributed by atoms with Gasteiger partial charge in [-0.3, -0.25) is 0 Å². The van der Waals surface area contributed by atoms with E-state index in [0.717, 1.165) is 29.1 Å². The molecule has 0 radical (unpaired) electrons. The first-order valence-electron chi connectivity index (χ1n) is 6.85. The van der Waals surface area contributed by atoms with Crippen molar-refractivity contribution < 1.29 is 0 Å². The van der Waals surface area contributed by atoms with Crippen LogP contribution in [0.3, 0.4) is 0 Å². The standard InChI is InChI=1S/C16H17ClN4/c1-10-13(14(18)21-15(19)20-10)6-7-16(8-9-16)11-2-4-12(17)5-3-11/h2-7H,8-9H2,1H3,(H4,18,19,20,21). The van der Waals surface area contributed by atoms with Crippen LogP contribution < -0.4 is 11.5 Å². The summed E-state index contributed by atoms with van der Waals surface area (Å²) in [6.45, 7) is 1.88. The molecule has 4 nitrogen and oxygen atoms in total. The summed E-state index contributed by atoms with van der Waals surface area (Å²) in [5.74, 6) is 0.629. The Balaban J connectivity index is 1.91. The number of nitrogens with zero attached hydrogens (tertiary/aromatic N) is 2. The van der Waals surface area contributed by atoms with Crippen molar-refractivity contribution in [2.24, 2.45) is 0 Å². The van der Waals surface area contributed by atoms with Crippen molar-refractivity contribution in [2.45, 2.75) is 25.2 Å². The van der Waals surface area contributed by atoms with Gasteiger partial charge in [0.15, 0.2) is 0 Å². The van der Waals surface area contributed by atoms with Gasteiger partial charge in [0.2, 0.25) is 5.95 Å². The van der Waals surface area contributed by atoms with E-state index in [1.165, 1.54) is 5.56 Å². The number of nitrogens with two attached hydrogens (primary N) is 2. The van der Waals surface area contributed by atoms with Gasteiger partial charge in [-0.15, -0.1) is 0 Å². The minimum absolute atomic E-state index is 0.0881. The minimum Gasteiger partial charge on any atom is -0.383 e. The Morgan fingerprint density at radius 2 is 1.81 bits per heavy atom. The van der Waals surface area contributed by atoms with E-state index in [0.29, 0.717) is 5.82 Å². The number of anilines is 2. The molecule has 1 aromatic heterocycles. The molecule has 5 heteroatoms. The maximum Gasteiger partial charge on any atom is 0.222 e. The van der Waals surface area contributed by atoms with Crippen LogP contribution in [0.25, 0.3) is 6.08 Å². The zero-order chi connectivity index (χ0) is 15.0. The van der Waals surface area contributed by atoms with Gasteiger partial charge in [-0.1, -0.05) is 35.9 Å². The van der Waals surface area contributed by atoms with Crippen LogP contribution in [0.15, 0.2) is 30.3 Å². The molecule has 21 heavy (non-hydrogen) atoms. The molecular formula is C16H17ClN4. The Kier molecular flexibility index (Phi) is 3.33. The number of allylic oxidation sites excluding steroid dienone is 1. The van der Waals surface area contributed by atoms with Crippen LogP contribution >= 0.6 is 11.6 Å². The van der Waals surface area contributed by atoms with Gasteiger partial charge >= 0.3 is 0 Å². The molecule has 1 aliphatic carbocycles. The molecule has 1 aromatic carbocycles. The molecule has 1 fully saturated rings. The van der Waals surface area contributed by atoms with Gasteiger partial charge in [-0.2, -0.15) is 4.98 Å². The number of benzene rings is 1. The molecule has 0 aliphatic heterocycles. The van der Waals surface area contributed by atoms with Crippen LogP contribution in [0.5, 0.6) is 0 Å². The molecule has 0 spiro atoms. The number of aromatic nitrogens is 2. The van der Waals surface area contributed by atoms with Gasteiger partial charge in [-0.05, 0) is 37.5 Å². The number of hydrogen-bond acceptors (Lipinski definition) is 4. The number of hydrogen-bond donors (Lipinski definition) is 2. The van der Waals surface area contributed by atoms with Gasteiger partial charge in [-0.25, -0.2) is 4.98 Å². The molecule has 1 saturated carbocycles. The van der Waals surface area contributed by atoms with E-state index in [4.69, 9.17) is 23.1 Å². The van der Waals surface area contributed by atoms with Crippen LogP contribution in [0, 0.1) is 6.92 Å². The molecule has 2 aromatic rings. The van der Waals surface area contributed by atoms with E-state index in [1.54, 1.807) is 0 Å². The van der Waals surface area contributed by atoms with E-state index in [2.05, 4.69) is 28.2 Å². The number of rotatable bonds is 3. The molecule has 1 aliphatic rings. The Morgan fingerprint density at radius 3 is 2.38 bits per heavy atom. The third-order valence-corrected chi connectivity index (χ3v) is 4.21. The van der Waals surface area contributed by atoms with Crippen LogP contribution in [0.1, 0.15) is 29.7 Å². The molecule has 0 bridgehead atoms. The van der Waals surface area contributed by atoms with E-state index in [9.17, 15) is 0 Å². The highest BCUT2D eigenvalue weighted by molar-refractivity contribution is 6.30. The van der Waals surface area contributed by atoms with Crippen molar-refractivity contribution in [1.29, 1.82) is 0 Å². The van der Waals surface area contributed by atoms with Gasteiger partial charge in [0, 0.05) is 16.0 Å². The Bertz CT molecular complexity index is 680. The van der Waals surface area contributed by atoms with E-state index < -0.39 is 0 Å². The lowest BCUT2D eigenvalue weighted by Crippen LogP contribution is -2.05. The highest BCUT2D eigenvalue weighted by atomic mass is 35.5. The molecule has 0 unspecified atom stereocenters. The molecule has 1 heterocycles. The quantitative estimate of drug-likeness (QED) is 0.911. The molecular weight excluding hydrogens is 284 g/mol. The van der Waals surface area contributed by atoms with Gasteiger partial charge < -0.3 is 11.5 Å². The van der Waals surface area contributed by atoms with Crippen LogP contribution in [0.2, 0.25) is 5.02 Å². The first-order valence-corrected chi connectivity index (χ1v) is 7.23. The number of halogens is 1. The second kappa shape index (κ2) is 5.04. The van der Waals surface area contributed by atoms with E-state index in [1.807, 2.05) is 25.1 Å². The fourth-order valence-electron chi connectivity index (χ4n) is 2.54. The van der Waals surface area contributed by atoms with Gasteiger partial charge in [0.05, 0.1) is 5.69 Å². The van der Waals surface area contributed by atoms with Crippen LogP contribution in [0.4, 0.5) is 11.8 Å². The SMILES string of the molecule is Cc1nc(N)nc(N)c1C=CC1(c2ccc(Cl)cc2)CC1. The summed E-state index contributed by atoms with van der Waals surface area (Å²) in [6.07, 6.45) is 6.44. The summed E-state index contributed by atoms with van der Waals surface area (Å²) in [7, 11) is 0. The lowest BCUT2D eigenvalue weighted by atomic mass is 9.94. The molecule has 4 N–H and O–H groups in total. The maximum absolute atomic E-state index is 5.95. The smallest absolute Gasteiger partial charge is 0.222 e. The average Bonchev–Trinajstić information content (AvgIpc) is 3.19. The summed E-state index contributed by atoms with van der Waals surface area (Å²) in [5.41, 5.74) is 14.5. The fraction of sp³-hybridized carbons (Fsp3) is 0.250. The normalized spacial score (nSPS) is 16.3. The first-order chi connectivity index (χ1) is 10.00. The number of nitrogen functional groups attached to an aromatic ring is 2. The largest absolute Gasteiger partial charge is 0.383 e. The Morgan fingerprint density at radius 1 is 1.14 bits per heavy atom. The van der Waals surface area contributed by atoms with E-state index >= 15 is 0 Å². The maximum atomic E-state index is 5.95. The molecule has 0 amide bonds.